The highest BCUT2D eigenvalue weighted by molar-refractivity contribution is 5.87. The summed E-state index contributed by atoms with van der Waals surface area (Å²) in [6, 6.07) is 9.79. The Kier molecular flexibility index (Phi) is 4.18. The predicted molar refractivity (Wildman–Crippen MR) is 76.6 cm³/mol. The molecule has 3 nitrogen and oxygen atoms in total. The van der Waals surface area contributed by atoms with E-state index in [2.05, 4.69) is 0 Å². The van der Waals surface area contributed by atoms with Gasteiger partial charge in [-0.3, -0.25) is 4.79 Å². The van der Waals surface area contributed by atoms with Crippen molar-refractivity contribution in [1.82, 2.24) is 4.90 Å². The molecular weight excluding hydrogens is 238 g/mol. The molecule has 1 heterocycles. The zero-order valence-corrected chi connectivity index (χ0v) is 11.2. The quantitative estimate of drug-likeness (QED) is 0.618. The van der Waals surface area contributed by atoms with Crippen molar-refractivity contribution in [3.8, 4) is 0 Å². The van der Waals surface area contributed by atoms with Crippen LogP contribution in [0.5, 0.6) is 0 Å². The van der Waals surface area contributed by atoms with Gasteiger partial charge in [0.05, 0.1) is 6.54 Å². The maximum atomic E-state index is 11.8. The van der Waals surface area contributed by atoms with Crippen LogP contribution in [0.1, 0.15) is 12.7 Å². The van der Waals surface area contributed by atoms with E-state index in [1.165, 1.54) is 0 Å². The molecule has 0 saturated carbocycles. The molecule has 19 heavy (non-hydrogen) atoms. The summed E-state index contributed by atoms with van der Waals surface area (Å²) in [5.74, 6) is 0.745. The lowest BCUT2D eigenvalue weighted by atomic mass is 10.2. The number of likely N-dealkylation sites (N-methyl/N-ethyl adjacent to an activating group) is 1. The highest BCUT2D eigenvalue weighted by Crippen LogP contribution is 2.19. The van der Waals surface area contributed by atoms with Crippen LogP contribution in [-0.4, -0.2) is 17.9 Å². The number of hydrogen-bond acceptors (Lipinski definition) is 2. The summed E-state index contributed by atoms with van der Waals surface area (Å²) in [6.45, 7) is 2.38. The summed E-state index contributed by atoms with van der Waals surface area (Å²) >= 11 is 0. The molecule has 98 valence electrons. The van der Waals surface area contributed by atoms with Gasteiger partial charge < -0.3 is 9.32 Å². The van der Waals surface area contributed by atoms with Gasteiger partial charge in [-0.25, -0.2) is 0 Å². The molecule has 0 aliphatic rings. The Labute approximate surface area is 112 Å². The summed E-state index contributed by atoms with van der Waals surface area (Å²) < 4.78 is 5.68. The molecular formula is C16H17NO2. The van der Waals surface area contributed by atoms with Crippen LogP contribution in [0.25, 0.3) is 11.0 Å². The van der Waals surface area contributed by atoms with Gasteiger partial charge in [-0.2, -0.15) is 0 Å². The fourth-order valence-corrected chi connectivity index (χ4v) is 1.80. The first-order valence-electron chi connectivity index (χ1n) is 6.22. The van der Waals surface area contributed by atoms with Crippen molar-refractivity contribution in [3.63, 3.8) is 0 Å². The van der Waals surface area contributed by atoms with Crippen LogP contribution in [0, 0.1) is 0 Å². The molecule has 0 fully saturated rings. The molecule has 0 spiro atoms. The van der Waals surface area contributed by atoms with Gasteiger partial charge in [0, 0.05) is 18.5 Å². The van der Waals surface area contributed by atoms with Crippen molar-refractivity contribution in [2.75, 3.05) is 7.05 Å². The van der Waals surface area contributed by atoms with Gasteiger partial charge in [0.25, 0.3) is 0 Å². The molecule has 0 saturated heterocycles. The van der Waals surface area contributed by atoms with Gasteiger partial charge in [-0.15, -0.1) is 0 Å². The van der Waals surface area contributed by atoms with E-state index in [-0.39, 0.29) is 5.91 Å². The minimum atomic E-state index is -0.0430. The zero-order valence-electron chi connectivity index (χ0n) is 11.2. The van der Waals surface area contributed by atoms with E-state index in [4.69, 9.17) is 4.42 Å². The lowest BCUT2D eigenvalue weighted by Crippen LogP contribution is -2.23. The number of rotatable bonds is 4. The normalized spacial score (nSPS) is 11.7. The summed E-state index contributed by atoms with van der Waals surface area (Å²) in [7, 11) is 1.76. The maximum Gasteiger partial charge on any atom is 0.246 e. The van der Waals surface area contributed by atoms with Crippen molar-refractivity contribution in [2.45, 2.75) is 13.5 Å². The minimum Gasteiger partial charge on any atom is -0.459 e. The SMILES string of the molecule is C/C=C/C=C/C(=O)N(C)Cc1cc2ccccc2o1. The van der Waals surface area contributed by atoms with Crippen molar-refractivity contribution >= 4 is 16.9 Å². The molecule has 2 rings (SSSR count). The van der Waals surface area contributed by atoms with E-state index in [0.717, 1.165) is 16.7 Å². The first-order chi connectivity index (χ1) is 9.20. The number of amides is 1. The second-order valence-electron chi connectivity index (χ2n) is 4.33. The van der Waals surface area contributed by atoms with Crippen molar-refractivity contribution in [1.29, 1.82) is 0 Å². The molecule has 0 atom stereocenters. The van der Waals surface area contributed by atoms with Gasteiger partial charge in [0.2, 0.25) is 5.91 Å². The number of allylic oxidation sites excluding steroid dienone is 3. The Morgan fingerprint density at radius 2 is 2.11 bits per heavy atom. The van der Waals surface area contributed by atoms with Crippen LogP contribution in [0.4, 0.5) is 0 Å². The van der Waals surface area contributed by atoms with Crippen LogP contribution in [0.15, 0.2) is 59.1 Å². The molecule has 1 aromatic carbocycles. The molecule has 3 heteroatoms. The number of carbonyl (C=O) groups excluding carboxylic acids is 1. The van der Waals surface area contributed by atoms with Crippen LogP contribution in [-0.2, 0) is 11.3 Å². The number of furan rings is 1. The Bertz CT molecular complexity index is 589. The molecule has 0 aliphatic heterocycles. The molecule has 0 bridgehead atoms. The smallest absolute Gasteiger partial charge is 0.246 e. The molecule has 2 aromatic rings. The summed E-state index contributed by atoms with van der Waals surface area (Å²) in [6.07, 6.45) is 6.98. The Morgan fingerprint density at radius 1 is 1.32 bits per heavy atom. The monoisotopic (exact) mass is 255 g/mol. The number of hydrogen-bond donors (Lipinski definition) is 0. The van der Waals surface area contributed by atoms with Crippen LogP contribution >= 0.6 is 0 Å². The Balaban J connectivity index is 2.05. The molecule has 1 amide bonds. The van der Waals surface area contributed by atoms with Crippen LogP contribution in [0.3, 0.4) is 0 Å². The van der Waals surface area contributed by atoms with Crippen molar-refractivity contribution in [3.05, 3.63) is 60.4 Å². The fraction of sp³-hybridized carbons (Fsp3) is 0.188. The van der Waals surface area contributed by atoms with E-state index in [1.807, 2.05) is 49.4 Å². The van der Waals surface area contributed by atoms with Crippen molar-refractivity contribution in [2.24, 2.45) is 0 Å². The van der Waals surface area contributed by atoms with Gasteiger partial charge in [0.1, 0.15) is 11.3 Å². The van der Waals surface area contributed by atoms with E-state index < -0.39 is 0 Å². The third-order valence-electron chi connectivity index (χ3n) is 2.79. The third-order valence-corrected chi connectivity index (χ3v) is 2.79. The van der Waals surface area contributed by atoms with E-state index in [9.17, 15) is 4.79 Å². The van der Waals surface area contributed by atoms with Gasteiger partial charge in [0.15, 0.2) is 0 Å². The van der Waals surface area contributed by atoms with E-state index in [1.54, 1.807) is 24.1 Å². The minimum absolute atomic E-state index is 0.0430. The number of nitrogens with zero attached hydrogens (tertiary/aromatic N) is 1. The van der Waals surface area contributed by atoms with Gasteiger partial charge >= 0.3 is 0 Å². The standard InChI is InChI=1S/C16H17NO2/c1-3-4-5-10-16(18)17(2)12-14-11-13-8-6-7-9-15(13)19-14/h3-11H,12H2,1-2H3/b4-3+,10-5+. The average molecular weight is 255 g/mol. The third kappa shape index (κ3) is 3.35. The summed E-state index contributed by atoms with van der Waals surface area (Å²) in [4.78, 5) is 13.4. The second kappa shape index (κ2) is 6.05. The van der Waals surface area contributed by atoms with Gasteiger partial charge in [-0.05, 0) is 19.1 Å². The Hall–Kier alpha value is -2.29. The Morgan fingerprint density at radius 3 is 2.84 bits per heavy atom. The lowest BCUT2D eigenvalue weighted by Gasteiger charge is -2.12. The molecule has 0 radical (unpaired) electrons. The topological polar surface area (TPSA) is 33.5 Å². The largest absolute Gasteiger partial charge is 0.459 e. The zero-order chi connectivity index (χ0) is 13.7. The number of carbonyl (C=O) groups is 1. The van der Waals surface area contributed by atoms with Crippen LogP contribution < -0.4 is 0 Å². The first-order valence-corrected chi connectivity index (χ1v) is 6.22. The summed E-state index contributed by atoms with van der Waals surface area (Å²) in [5, 5.41) is 1.06. The number of benzene rings is 1. The van der Waals surface area contributed by atoms with Crippen molar-refractivity contribution < 1.29 is 9.21 Å². The number of para-hydroxylation sites is 1. The lowest BCUT2D eigenvalue weighted by molar-refractivity contribution is -0.125. The highest BCUT2D eigenvalue weighted by Gasteiger charge is 2.09. The molecule has 0 N–H and O–H groups in total. The molecule has 1 aromatic heterocycles. The van der Waals surface area contributed by atoms with Crippen LogP contribution in [0.2, 0.25) is 0 Å². The molecule has 0 aliphatic carbocycles. The van der Waals surface area contributed by atoms with Gasteiger partial charge in [-0.1, -0.05) is 36.4 Å². The number of fused-ring (bicyclic) bond motifs is 1. The predicted octanol–water partition coefficient (Wildman–Crippen LogP) is 3.52. The fourth-order valence-electron chi connectivity index (χ4n) is 1.80. The maximum absolute atomic E-state index is 11.8. The van der Waals surface area contributed by atoms with E-state index in [0.29, 0.717) is 6.54 Å². The summed E-state index contributed by atoms with van der Waals surface area (Å²) in [5.41, 5.74) is 0.850. The van der Waals surface area contributed by atoms with E-state index >= 15 is 0 Å². The second-order valence-corrected chi connectivity index (χ2v) is 4.33. The average Bonchev–Trinajstić information content (AvgIpc) is 2.80. The first kappa shape index (κ1) is 13.1. The highest BCUT2D eigenvalue weighted by atomic mass is 16.3. The molecule has 0 unspecified atom stereocenters.